The van der Waals surface area contributed by atoms with Crippen LogP contribution in [0.15, 0.2) is 23.2 Å². The number of nitriles is 2. The minimum atomic E-state index is -1.65. The van der Waals surface area contributed by atoms with Gasteiger partial charge in [-0.1, -0.05) is 12.1 Å². The molecule has 1 aromatic carbocycles. The van der Waals surface area contributed by atoms with E-state index in [1.807, 2.05) is 0 Å². The highest BCUT2D eigenvalue weighted by molar-refractivity contribution is 6.00. The third-order valence-electron chi connectivity index (χ3n) is 5.35. The summed E-state index contributed by atoms with van der Waals surface area (Å²) in [5.41, 5.74) is 4.03. The number of fused-ring (bicyclic) bond motifs is 1. The normalized spacial score (nSPS) is 29.9. The summed E-state index contributed by atoms with van der Waals surface area (Å²) in [6, 6.07) is 9.81. The standard InChI is InChI=1S/C19H22N4O4/c1-5-26-19(27-6-2)18(11-21)15(17(18,10-20)16(22)23-19)12-8-7-9-13(24-3)14(12)25-4/h7-9,15H,5-6H2,1-4H3,(H2,22,23)/t15-,17+,18+/m1/s1. The molecule has 2 N–H and O–H groups in total. The second-order valence-electron chi connectivity index (χ2n) is 6.30. The van der Waals surface area contributed by atoms with Crippen LogP contribution in [-0.4, -0.2) is 39.2 Å². The molecule has 8 nitrogen and oxygen atoms in total. The molecule has 0 saturated heterocycles. The molecule has 3 atom stereocenters. The smallest absolute Gasteiger partial charge is 0.293 e. The molecule has 1 heterocycles. The summed E-state index contributed by atoms with van der Waals surface area (Å²) < 4.78 is 22.5. The number of nitrogens with two attached hydrogens (primary N) is 1. The van der Waals surface area contributed by atoms with Crippen molar-refractivity contribution < 1.29 is 18.9 Å². The van der Waals surface area contributed by atoms with Crippen molar-refractivity contribution in [3.05, 3.63) is 23.8 Å². The van der Waals surface area contributed by atoms with E-state index in [0.29, 0.717) is 17.1 Å². The lowest BCUT2D eigenvalue weighted by Crippen LogP contribution is -2.43. The van der Waals surface area contributed by atoms with Gasteiger partial charge in [0.15, 0.2) is 16.9 Å². The number of amidine groups is 1. The lowest BCUT2D eigenvalue weighted by Gasteiger charge is -2.32. The number of ether oxygens (including phenoxy) is 4. The number of nitrogens with zero attached hydrogens (tertiary/aromatic N) is 3. The lowest BCUT2D eigenvalue weighted by atomic mass is 9.93. The zero-order chi connectivity index (χ0) is 19.9. The Morgan fingerprint density at radius 3 is 2.26 bits per heavy atom. The van der Waals surface area contributed by atoms with Crippen LogP contribution in [0.25, 0.3) is 0 Å². The van der Waals surface area contributed by atoms with Crippen LogP contribution in [0, 0.1) is 33.5 Å². The van der Waals surface area contributed by atoms with Crippen molar-refractivity contribution in [3.63, 3.8) is 0 Å². The first-order valence-electron chi connectivity index (χ1n) is 8.67. The van der Waals surface area contributed by atoms with E-state index in [2.05, 4.69) is 17.1 Å². The van der Waals surface area contributed by atoms with Gasteiger partial charge in [-0.15, -0.1) is 0 Å². The Hall–Kier alpha value is -2.81. The van der Waals surface area contributed by atoms with Crippen molar-refractivity contribution in [2.45, 2.75) is 25.7 Å². The molecule has 1 aromatic rings. The molecule has 8 heteroatoms. The molecule has 0 aromatic heterocycles. The monoisotopic (exact) mass is 370 g/mol. The maximum absolute atomic E-state index is 10.2. The van der Waals surface area contributed by atoms with Gasteiger partial charge >= 0.3 is 0 Å². The minimum Gasteiger partial charge on any atom is -0.493 e. The Kier molecular flexibility index (Phi) is 4.51. The Labute approximate surface area is 158 Å². The van der Waals surface area contributed by atoms with Crippen LogP contribution >= 0.6 is 0 Å². The number of rotatable bonds is 7. The van der Waals surface area contributed by atoms with Gasteiger partial charge < -0.3 is 24.7 Å². The van der Waals surface area contributed by atoms with Crippen LogP contribution in [0.1, 0.15) is 25.3 Å². The number of hydrogen-bond acceptors (Lipinski definition) is 8. The predicted octanol–water partition coefficient (Wildman–Crippen LogP) is 1.92. The summed E-state index contributed by atoms with van der Waals surface area (Å²) in [6.45, 7) is 4.02. The maximum atomic E-state index is 10.2. The Bertz CT molecular complexity index is 865. The first-order chi connectivity index (χ1) is 13.0. The summed E-state index contributed by atoms with van der Waals surface area (Å²) in [6.07, 6.45) is 0. The van der Waals surface area contributed by atoms with E-state index < -0.39 is 22.7 Å². The van der Waals surface area contributed by atoms with Gasteiger partial charge in [0.25, 0.3) is 5.91 Å². The van der Waals surface area contributed by atoms with Gasteiger partial charge in [0, 0.05) is 24.7 Å². The van der Waals surface area contributed by atoms with Crippen molar-refractivity contribution in [2.24, 2.45) is 21.6 Å². The van der Waals surface area contributed by atoms with E-state index >= 15 is 0 Å². The molecule has 1 aliphatic carbocycles. The topological polar surface area (TPSA) is 123 Å². The number of methoxy groups -OCH3 is 2. The SMILES string of the molecule is CCOC1(OCC)N=C(N)[C@]2(C#N)[C@@H](c3cccc(OC)c3OC)[C@]12C#N. The summed E-state index contributed by atoms with van der Waals surface area (Å²) in [5, 5.41) is 20.3. The quantitative estimate of drug-likeness (QED) is 0.727. The summed E-state index contributed by atoms with van der Waals surface area (Å²) in [4.78, 5) is 4.32. The molecule has 3 rings (SSSR count). The van der Waals surface area contributed by atoms with Crippen LogP contribution in [0.5, 0.6) is 11.5 Å². The molecule has 0 amide bonds. The van der Waals surface area contributed by atoms with E-state index in [9.17, 15) is 10.5 Å². The zero-order valence-corrected chi connectivity index (χ0v) is 15.8. The van der Waals surface area contributed by atoms with E-state index in [0.717, 1.165) is 0 Å². The Morgan fingerprint density at radius 1 is 1.11 bits per heavy atom. The molecule has 1 aliphatic heterocycles. The largest absolute Gasteiger partial charge is 0.493 e. The molecular weight excluding hydrogens is 348 g/mol. The average Bonchev–Trinajstić information content (AvgIpc) is 3.26. The first-order valence-corrected chi connectivity index (χ1v) is 8.67. The highest BCUT2D eigenvalue weighted by Gasteiger charge is 2.94. The maximum Gasteiger partial charge on any atom is 0.293 e. The van der Waals surface area contributed by atoms with Crippen LogP contribution in [0.2, 0.25) is 0 Å². The van der Waals surface area contributed by atoms with Crippen molar-refractivity contribution >= 4 is 5.84 Å². The molecular formula is C19H22N4O4. The van der Waals surface area contributed by atoms with Gasteiger partial charge in [-0.2, -0.15) is 10.5 Å². The second-order valence-corrected chi connectivity index (χ2v) is 6.30. The van der Waals surface area contributed by atoms with Gasteiger partial charge in [0.05, 0.1) is 26.4 Å². The summed E-state index contributed by atoms with van der Waals surface area (Å²) in [7, 11) is 3.03. The molecule has 0 unspecified atom stereocenters. The number of benzene rings is 1. The summed E-state index contributed by atoms with van der Waals surface area (Å²) in [5.74, 6) is -1.32. The third-order valence-corrected chi connectivity index (χ3v) is 5.35. The van der Waals surface area contributed by atoms with E-state index in [1.165, 1.54) is 14.2 Å². The Morgan fingerprint density at radius 2 is 1.78 bits per heavy atom. The molecule has 27 heavy (non-hydrogen) atoms. The molecule has 1 saturated carbocycles. The predicted molar refractivity (Wildman–Crippen MR) is 96.0 cm³/mol. The fourth-order valence-corrected chi connectivity index (χ4v) is 4.36. The molecule has 1 fully saturated rings. The molecule has 142 valence electrons. The van der Waals surface area contributed by atoms with Crippen LogP contribution in [0.4, 0.5) is 0 Å². The van der Waals surface area contributed by atoms with Crippen LogP contribution in [-0.2, 0) is 9.47 Å². The van der Waals surface area contributed by atoms with Crippen molar-refractivity contribution in [3.8, 4) is 23.6 Å². The van der Waals surface area contributed by atoms with Crippen molar-refractivity contribution in [2.75, 3.05) is 27.4 Å². The van der Waals surface area contributed by atoms with Crippen LogP contribution in [0.3, 0.4) is 0 Å². The fraction of sp³-hybridized carbons (Fsp3) is 0.526. The highest BCUT2D eigenvalue weighted by Crippen LogP contribution is 2.82. The molecule has 0 bridgehead atoms. The van der Waals surface area contributed by atoms with E-state index in [1.54, 1.807) is 32.0 Å². The van der Waals surface area contributed by atoms with Crippen molar-refractivity contribution in [1.82, 2.24) is 0 Å². The van der Waals surface area contributed by atoms with E-state index in [4.69, 9.17) is 24.7 Å². The molecule has 0 spiro atoms. The lowest BCUT2D eigenvalue weighted by molar-refractivity contribution is -0.255. The second kappa shape index (κ2) is 6.41. The number of hydrogen-bond donors (Lipinski definition) is 1. The van der Waals surface area contributed by atoms with Crippen LogP contribution < -0.4 is 15.2 Å². The van der Waals surface area contributed by atoms with Gasteiger partial charge in [0.1, 0.15) is 11.3 Å². The van der Waals surface area contributed by atoms with Crippen molar-refractivity contribution in [1.29, 1.82) is 10.5 Å². The van der Waals surface area contributed by atoms with Gasteiger partial charge in [-0.25, -0.2) is 4.99 Å². The third kappa shape index (κ3) is 2.00. The van der Waals surface area contributed by atoms with Gasteiger partial charge in [-0.05, 0) is 19.9 Å². The fourth-order valence-electron chi connectivity index (χ4n) is 4.36. The number of para-hydroxylation sites is 1. The highest BCUT2D eigenvalue weighted by atomic mass is 16.7. The van der Waals surface area contributed by atoms with Gasteiger partial charge in [-0.3, -0.25) is 0 Å². The van der Waals surface area contributed by atoms with E-state index in [-0.39, 0.29) is 19.0 Å². The molecule has 2 aliphatic rings. The minimum absolute atomic E-state index is 0.0309. The first kappa shape index (κ1) is 19.0. The van der Waals surface area contributed by atoms with Gasteiger partial charge in [0.2, 0.25) is 0 Å². The zero-order valence-electron chi connectivity index (χ0n) is 15.8. The summed E-state index contributed by atoms with van der Waals surface area (Å²) >= 11 is 0. The number of aliphatic imine (C=N–C) groups is 1. The average molecular weight is 370 g/mol. The Balaban J connectivity index is 2.28. The molecule has 0 radical (unpaired) electrons.